The summed E-state index contributed by atoms with van der Waals surface area (Å²) in [5, 5.41) is 7.29. The van der Waals surface area contributed by atoms with Gasteiger partial charge in [0.1, 0.15) is 17.2 Å². The van der Waals surface area contributed by atoms with E-state index in [2.05, 4.69) is 55.1 Å². The molecule has 2 aliphatic heterocycles. The highest BCUT2D eigenvalue weighted by molar-refractivity contribution is 5.99. The molecule has 3 aromatic heterocycles. The van der Waals surface area contributed by atoms with Crippen molar-refractivity contribution < 1.29 is 4.79 Å². The highest BCUT2D eigenvalue weighted by atomic mass is 16.2. The Balaban J connectivity index is 1.24. The van der Waals surface area contributed by atoms with Crippen molar-refractivity contribution in [3.8, 4) is 0 Å². The van der Waals surface area contributed by atoms with Gasteiger partial charge >= 0.3 is 0 Å². The Hall–Kier alpha value is -3.20. The number of fused-ring (bicyclic) bond motifs is 4. The van der Waals surface area contributed by atoms with E-state index in [4.69, 9.17) is 4.98 Å². The predicted molar refractivity (Wildman–Crippen MR) is 137 cm³/mol. The second-order valence-electron chi connectivity index (χ2n) is 10.5. The van der Waals surface area contributed by atoms with Gasteiger partial charge in [0.25, 0.3) is 5.91 Å². The third-order valence-corrected chi connectivity index (χ3v) is 8.16. The van der Waals surface area contributed by atoms with Gasteiger partial charge in [0.15, 0.2) is 0 Å². The van der Waals surface area contributed by atoms with Gasteiger partial charge in [-0.15, -0.1) is 0 Å². The van der Waals surface area contributed by atoms with Gasteiger partial charge in [0.2, 0.25) is 5.95 Å². The summed E-state index contributed by atoms with van der Waals surface area (Å²) in [6.45, 7) is 2.77. The van der Waals surface area contributed by atoms with Gasteiger partial charge in [-0.25, -0.2) is 9.97 Å². The number of amides is 1. The molecule has 1 amide bonds. The van der Waals surface area contributed by atoms with Gasteiger partial charge < -0.3 is 25.0 Å². The first-order valence-corrected chi connectivity index (χ1v) is 12.8. The Labute approximate surface area is 205 Å². The second-order valence-corrected chi connectivity index (χ2v) is 10.5. The zero-order valence-electron chi connectivity index (χ0n) is 20.6. The van der Waals surface area contributed by atoms with Crippen LogP contribution in [0.15, 0.2) is 30.6 Å². The van der Waals surface area contributed by atoms with Crippen molar-refractivity contribution in [3.63, 3.8) is 0 Å². The molecule has 2 fully saturated rings. The minimum atomic E-state index is -0.0885. The molecule has 1 saturated carbocycles. The van der Waals surface area contributed by atoms with Gasteiger partial charge in [0, 0.05) is 37.3 Å². The zero-order valence-corrected chi connectivity index (χ0v) is 20.6. The number of pyridine rings is 1. The maximum Gasteiger partial charge on any atom is 0.268 e. The maximum absolute atomic E-state index is 12.7. The Morgan fingerprint density at radius 1 is 1.09 bits per heavy atom. The molecule has 184 valence electrons. The number of piperidine rings is 1. The monoisotopic (exact) mass is 474 g/mol. The molecule has 0 aromatic carbocycles. The molecule has 9 nitrogen and oxygen atoms in total. The van der Waals surface area contributed by atoms with E-state index in [-0.39, 0.29) is 11.4 Å². The molecule has 0 radical (unpaired) electrons. The summed E-state index contributed by atoms with van der Waals surface area (Å²) in [7, 11) is 4.32. The van der Waals surface area contributed by atoms with E-state index in [0.717, 1.165) is 42.7 Å². The van der Waals surface area contributed by atoms with Crippen LogP contribution in [0.3, 0.4) is 0 Å². The van der Waals surface area contributed by atoms with Gasteiger partial charge in [0.05, 0.1) is 17.4 Å². The van der Waals surface area contributed by atoms with E-state index in [1.807, 2.05) is 24.5 Å². The standard InChI is InChI=1S/C26H34N8O/c1-32(2)19-8-12-33(13-9-19)20-6-7-22(27-16-20)30-25-28-15-18-14-21-24(35)29-17-26(10-4-3-5-11-26)34(21)23(18)31-25/h6-7,14-16,19H,3-5,8-13,17H2,1-2H3,(H,29,35)(H,27,28,30,31). The Bertz CT molecular complexity index is 1220. The number of aromatic nitrogens is 4. The van der Waals surface area contributed by atoms with Crippen LogP contribution >= 0.6 is 0 Å². The van der Waals surface area contributed by atoms with E-state index in [9.17, 15) is 4.79 Å². The van der Waals surface area contributed by atoms with Gasteiger partial charge in [-0.05, 0) is 58.0 Å². The fraction of sp³-hybridized carbons (Fsp3) is 0.538. The molecule has 0 bridgehead atoms. The molecular formula is C26H34N8O. The summed E-state index contributed by atoms with van der Waals surface area (Å²) in [6.07, 6.45) is 11.8. The van der Waals surface area contributed by atoms with Gasteiger partial charge in [-0.2, -0.15) is 4.98 Å². The molecule has 3 aliphatic rings. The van der Waals surface area contributed by atoms with Crippen LogP contribution in [-0.2, 0) is 5.54 Å². The third-order valence-electron chi connectivity index (χ3n) is 8.16. The molecular weight excluding hydrogens is 440 g/mol. The SMILES string of the molecule is CN(C)C1CCN(c2ccc(Nc3ncc4cc5n(c4n3)C3(CCCCC3)CNC5=O)nc2)CC1. The molecule has 6 rings (SSSR count). The lowest BCUT2D eigenvalue weighted by atomic mass is 9.80. The van der Waals surface area contributed by atoms with E-state index < -0.39 is 0 Å². The molecule has 2 N–H and O–H groups in total. The lowest BCUT2D eigenvalue weighted by molar-refractivity contribution is 0.0833. The van der Waals surface area contributed by atoms with E-state index in [1.54, 1.807) is 0 Å². The van der Waals surface area contributed by atoms with Crippen LogP contribution in [0.25, 0.3) is 11.0 Å². The normalized spacial score (nSPS) is 20.3. The number of rotatable bonds is 4. The Morgan fingerprint density at radius 2 is 1.89 bits per heavy atom. The lowest BCUT2D eigenvalue weighted by Crippen LogP contribution is -2.52. The van der Waals surface area contributed by atoms with Crippen LogP contribution in [0.5, 0.6) is 0 Å². The number of nitrogens with zero attached hydrogens (tertiary/aromatic N) is 6. The first kappa shape index (κ1) is 22.3. The van der Waals surface area contributed by atoms with Crippen LogP contribution in [-0.4, -0.2) is 70.1 Å². The molecule has 35 heavy (non-hydrogen) atoms. The van der Waals surface area contributed by atoms with E-state index >= 15 is 0 Å². The summed E-state index contributed by atoms with van der Waals surface area (Å²) in [5.74, 6) is 1.19. The minimum Gasteiger partial charge on any atom is -0.370 e. The predicted octanol–water partition coefficient (Wildman–Crippen LogP) is 3.50. The summed E-state index contributed by atoms with van der Waals surface area (Å²) < 4.78 is 2.20. The molecule has 0 unspecified atom stereocenters. The van der Waals surface area contributed by atoms with Crippen molar-refractivity contribution in [1.29, 1.82) is 0 Å². The number of nitrogens with one attached hydrogen (secondary N) is 2. The van der Waals surface area contributed by atoms with E-state index in [1.165, 1.54) is 32.1 Å². The van der Waals surface area contributed by atoms with E-state index in [0.29, 0.717) is 30.0 Å². The number of carbonyl (C=O) groups is 1. The summed E-state index contributed by atoms with van der Waals surface area (Å²) in [4.78, 5) is 31.4. The fourth-order valence-corrected chi connectivity index (χ4v) is 6.12. The average molecular weight is 475 g/mol. The first-order chi connectivity index (χ1) is 17.0. The van der Waals surface area contributed by atoms with Crippen molar-refractivity contribution in [3.05, 3.63) is 36.3 Å². The summed E-state index contributed by atoms with van der Waals surface area (Å²) in [5.41, 5.74) is 2.58. The number of carbonyl (C=O) groups excluding carboxylic acids is 1. The highest BCUT2D eigenvalue weighted by Crippen LogP contribution is 2.40. The van der Waals surface area contributed by atoms with Crippen molar-refractivity contribution in [2.24, 2.45) is 0 Å². The molecule has 1 spiro atoms. The Kier molecular flexibility index (Phi) is 5.59. The van der Waals surface area contributed by atoms with Crippen molar-refractivity contribution in [2.45, 2.75) is 56.5 Å². The highest BCUT2D eigenvalue weighted by Gasteiger charge is 2.41. The minimum absolute atomic E-state index is 0.0272. The summed E-state index contributed by atoms with van der Waals surface area (Å²) in [6, 6.07) is 6.69. The van der Waals surface area contributed by atoms with Crippen molar-refractivity contribution in [1.82, 2.24) is 29.7 Å². The molecule has 1 saturated heterocycles. The number of anilines is 3. The van der Waals surface area contributed by atoms with Crippen molar-refractivity contribution >= 4 is 34.4 Å². The van der Waals surface area contributed by atoms with Crippen LogP contribution in [0, 0.1) is 0 Å². The van der Waals surface area contributed by atoms with Crippen LogP contribution in [0.2, 0.25) is 0 Å². The zero-order chi connectivity index (χ0) is 24.0. The second kappa shape index (κ2) is 8.78. The maximum atomic E-state index is 12.7. The first-order valence-electron chi connectivity index (χ1n) is 12.8. The number of hydrogen-bond donors (Lipinski definition) is 2. The van der Waals surface area contributed by atoms with Crippen LogP contribution < -0.4 is 15.5 Å². The quantitative estimate of drug-likeness (QED) is 0.598. The molecule has 1 aliphatic carbocycles. The molecule has 9 heteroatoms. The topological polar surface area (TPSA) is 91.2 Å². The summed E-state index contributed by atoms with van der Waals surface area (Å²) >= 11 is 0. The van der Waals surface area contributed by atoms with Gasteiger partial charge in [-0.1, -0.05) is 19.3 Å². The van der Waals surface area contributed by atoms with Gasteiger partial charge in [-0.3, -0.25) is 4.79 Å². The largest absolute Gasteiger partial charge is 0.370 e. The van der Waals surface area contributed by atoms with Crippen LogP contribution in [0.4, 0.5) is 17.5 Å². The Morgan fingerprint density at radius 3 is 2.60 bits per heavy atom. The number of hydrogen-bond acceptors (Lipinski definition) is 7. The third kappa shape index (κ3) is 4.01. The smallest absolute Gasteiger partial charge is 0.268 e. The average Bonchev–Trinajstić information content (AvgIpc) is 3.28. The lowest BCUT2D eigenvalue weighted by Gasteiger charge is -2.42. The molecule has 0 atom stereocenters. The molecule has 5 heterocycles. The van der Waals surface area contributed by atoms with Crippen LogP contribution in [0.1, 0.15) is 55.4 Å². The van der Waals surface area contributed by atoms with Crippen molar-refractivity contribution in [2.75, 3.05) is 43.9 Å². The fourth-order valence-electron chi connectivity index (χ4n) is 6.12. The molecule has 3 aromatic rings.